The van der Waals surface area contributed by atoms with Crippen LogP contribution in [-0.2, 0) is 10.0 Å². The van der Waals surface area contributed by atoms with Crippen LogP contribution < -0.4 is 20.2 Å². The van der Waals surface area contributed by atoms with Gasteiger partial charge in [-0.25, -0.2) is 8.42 Å². The number of nitrogens with zero attached hydrogens (tertiary/aromatic N) is 3. The number of anilines is 1. The van der Waals surface area contributed by atoms with E-state index in [4.69, 9.17) is 16.6 Å². The molecule has 0 bridgehead atoms. The van der Waals surface area contributed by atoms with Crippen LogP contribution in [0.4, 0.5) is 5.69 Å². The number of nitrogens with one attached hydrogen (secondary N) is 1. The molecule has 1 atom stereocenters. The number of hydrogen-bond acceptors (Lipinski definition) is 5. The fourth-order valence-corrected chi connectivity index (χ4v) is 6.42. The third-order valence-corrected chi connectivity index (χ3v) is 8.64. The van der Waals surface area contributed by atoms with E-state index in [1.807, 2.05) is 37.4 Å². The standard InChI is InChI=1S/C26H33ClN4O2S/c1-28-14-23-22-12-21(18-4-5-18)25(31(34(3,32)33)11-10-17-15-30(2)16-17)13-24(22)29-26(23)19-6-8-20(27)9-7-19/h6-9,12-13,17-18,26,28H,4-5,10-11,14-16H2,1-3H3. The van der Waals surface area contributed by atoms with Crippen LogP contribution in [0.2, 0.25) is 5.02 Å². The number of sulfonamides is 1. The molecule has 8 heteroatoms. The van der Waals surface area contributed by atoms with Crippen LogP contribution in [0.15, 0.2) is 41.4 Å². The van der Waals surface area contributed by atoms with E-state index in [1.54, 1.807) is 4.31 Å². The molecule has 0 spiro atoms. The van der Waals surface area contributed by atoms with Gasteiger partial charge in [0, 0.05) is 36.4 Å². The molecular formula is C26H33ClN4O2S. The first kappa shape index (κ1) is 23.8. The molecule has 0 radical (unpaired) electrons. The highest BCUT2D eigenvalue weighted by atomic mass is 35.5. The van der Waals surface area contributed by atoms with Crippen molar-refractivity contribution in [3.05, 3.63) is 63.1 Å². The Morgan fingerprint density at radius 1 is 1.18 bits per heavy atom. The number of halogens is 1. The van der Waals surface area contributed by atoms with Crippen molar-refractivity contribution in [2.75, 3.05) is 50.8 Å². The summed E-state index contributed by atoms with van der Waals surface area (Å²) in [6, 6.07) is 12.0. The first-order chi connectivity index (χ1) is 16.2. The first-order valence-electron chi connectivity index (χ1n) is 12.1. The molecule has 2 heterocycles. The van der Waals surface area contributed by atoms with Crippen molar-refractivity contribution in [1.29, 1.82) is 0 Å². The van der Waals surface area contributed by atoms with Crippen LogP contribution >= 0.6 is 11.6 Å². The van der Waals surface area contributed by atoms with E-state index in [9.17, 15) is 8.42 Å². The molecule has 182 valence electrons. The van der Waals surface area contributed by atoms with Crippen molar-refractivity contribution in [2.45, 2.75) is 31.2 Å². The second-order valence-corrected chi connectivity index (χ2v) is 12.4. The summed E-state index contributed by atoms with van der Waals surface area (Å²) < 4.78 is 27.5. The number of likely N-dealkylation sites (tertiary alicyclic amines) is 1. The summed E-state index contributed by atoms with van der Waals surface area (Å²) in [5.74, 6) is 0.979. The zero-order chi connectivity index (χ0) is 24.0. The van der Waals surface area contributed by atoms with Gasteiger partial charge in [0.2, 0.25) is 10.0 Å². The molecule has 34 heavy (non-hydrogen) atoms. The van der Waals surface area contributed by atoms with E-state index in [1.165, 1.54) is 11.8 Å². The molecule has 6 nitrogen and oxygen atoms in total. The zero-order valence-electron chi connectivity index (χ0n) is 20.1. The molecule has 0 aromatic heterocycles. The summed E-state index contributed by atoms with van der Waals surface area (Å²) in [4.78, 5) is 7.35. The second kappa shape index (κ2) is 9.26. The predicted octanol–water partition coefficient (Wildman–Crippen LogP) is 2.68. The lowest BCUT2D eigenvalue weighted by molar-refractivity contribution is 0.129. The number of fused-ring (bicyclic) bond motifs is 1. The highest BCUT2D eigenvalue weighted by Crippen LogP contribution is 2.44. The summed E-state index contributed by atoms with van der Waals surface area (Å²) in [5, 5.41) is 6.02. The Morgan fingerprint density at radius 2 is 1.88 bits per heavy atom. The molecular weight excluding hydrogens is 468 g/mol. The Kier molecular flexibility index (Phi) is 6.48. The van der Waals surface area contributed by atoms with Crippen molar-refractivity contribution >= 4 is 32.9 Å². The largest absolute Gasteiger partial charge is 0.316 e. The molecule has 2 aliphatic heterocycles. The van der Waals surface area contributed by atoms with E-state index in [-0.39, 0.29) is 6.04 Å². The average Bonchev–Trinajstić information content (AvgIpc) is 3.55. The molecule has 3 aliphatic rings. The lowest BCUT2D eigenvalue weighted by atomic mass is 9.96. The minimum atomic E-state index is -3.41. The second-order valence-electron chi connectivity index (χ2n) is 10.1. The maximum Gasteiger partial charge on any atom is 0.232 e. The van der Waals surface area contributed by atoms with Gasteiger partial charge in [-0.15, -0.1) is 0 Å². The molecule has 5 rings (SSSR count). The van der Waals surface area contributed by atoms with E-state index >= 15 is 0 Å². The Bertz CT molecular complexity index is 1300. The van der Waals surface area contributed by atoms with Crippen LogP contribution in [0.1, 0.15) is 42.3 Å². The fourth-order valence-electron chi connectivity index (χ4n) is 5.34. The number of hydrogen-bond donors (Lipinski definition) is 1. The monoisotopic (exact) mass is 500 g/mol. The van der Waals surface area contributed by atoms with Gasteiger partial charge >= 0.3 is 0 Å². The van der Waals surface area contributed by atoms with E-state index in [2.05, 4.69) is 23.3 Å². The van der Waals surface area contributed by atoms with Gasteiger partial charge in [-0.05, 0) is 86.2 Å². The summed E-state index contributed by atoms with van der Waals surface area (Å²) in [5.41, 5.74) is 4.28. The molecule has 2 aromatic rings. The SMILES string of the molecule is CNCC1=c2cc(C3CC3)c(N(CCC3CN(C)C3)S(C)(=O)=O)cc2=NC1c1ccc(Cl)cc1. The zero-order valence-corrected chi connectivity index (χ0v) is 21.7. The average molecular weight is 501 g/mol. The predicted molar refractivity (Wildman–Crippen MR) is 139 cm³/mol. The van der Waals surface area contributed by atoms with Gasteiger partial charge in [0.05, 0.1) is 23.3 Å². The first-order valence-corrected chi connectivity index (χ1v) is 14.3. The minimum absolute atomic E-state index is 0.0979. The lowest BCUT2D eigenvalue weighted by Gasteiger charge is -2.37. The van der Waals surface area contributed by atoms with E-state index < -0.39 is 10.0 Å². The molecule has 1 N–H and O–H groups in total. The summed E-state index contributed by atoms with van der Waals surface area (Å²) in [6.07, 6.45) is 4.42. The third-order valence-electron chi connectivity index (χ3n) is 7.21. The maximum absolute atomic E-state index is 13.0. The maximum atomic E-state index is 13.0. The number of benzene rings is 2. The minimum Gasteiger partial charge on any atom is -0.316 e. The van der Waals surface area contributed by atoms with Gasteiger partial charge in [-0.1, -0.05) is 23.7 Å². The van der Waals surface area contributed by atoms with Gasteiger partial charge in [-0.3, -0.25) is 9.30 Å². The van der Waals surface area contributed by atoms with Crippen molar-refractivity contribution in [3.8, 4) is 0 Å². The number of rotatable bonds is 9. The normalized spacial score (nSPS) is 20.7. The lowest BCUT2D eigenvalue weighted by Crippen LogP contribution is -2.45. The van der Waals surface area contributed by atoms with Crippen LogP contribution in [-0.4, -0.2) is 59.8 Å². The fraction of sp³-hybridized carbons (Fsp3) is 0.500. The molecule has 2 aromatic carbocycles. The molecule has 1 saturated carbocycles. The van der Waals surface area contributed by atoms with Gasteiger partial charge < -0.3 is 10.2 Å². The van der Waals surface area contributed by atoms with E-state index in [0.29, 0.717) is 23.4 Å². The highest BCUT2D eigenvalue weighted by Gasteiger charge is 2.33. The van der Waals surface area contributed by atoms with Gasteiger partial charge in [0.15, 0.2) is 0 Å². The van der Waals surface area contributed by atoms with Crippen molar-refractivity contribution < 1.29 is 8.42 Å². The van der Waals surface area contributed by atoms with Crippen molar-refractivity contribution in [2.24, 2.45) is 10.9 Å². The molecule has 0 amide bonds. The van der Waals surface area contributed by atoms with Crippen molar-refractivity contribution in [1.82, 2.24) is 10.2 Å². The quantitative estimate of drug-likeness (QED) is 0.575. The van der Waals surface area contributed by atoms with Crippen LogP contribution in [0.25, 0.3) is 5.57 Å². The molecule has 1 saturated heterocycles. The molecule has 1 aliphatic carbocycles. The van der Waals surface area contributed by atoms with Gasteiger partial charge in [-0.2, -0.15) is 0 Å². The molecule has 1 unspecified atom stereocenters. The van der Waals surface area contributed by atoms with Crippen LogP contribution in [0.5, 0.6) is 0 Å². The van der Waals surface area contributed by atoms with Gasteiger partial charge in [0.25, 0.3) is 0 Å². The van der Waals surface area contributed by atoms with Crippen molar-refractivity contribution in [3.63, 3.8) is 0 Å². The third kappa shape index (κ3) is 4.76. The van der Waals surface area contributed by atoms with E-state index in [0.717, 1.165) is 66.3 Å². The smallest absolute Gasteiger partial charge is 0.232 e. The van der Waals surface area contributed by atoms with Crippen LogP contribution in [0.3, 0.4) is 0 Å². The Labute approximate surface area is 207 Å². The Balaban J connectivity index is 1.59. The van der Waals surface area contributed by atoms with Crippen LogP contribution in [0, 0.1) is 5.92 Å². The summed E-state index contributed by atoms with van der Waals surface area (Å²) in [6.45, 7) is 3.32. The van der Waals surface area contributed by atoms with Gasteiger partial charge in [0.1, 0.15) is 0 Å². The Morgan fingerprint density at radius 3 is 2.47 bits per heavy atom. The topological polar surface area (TPSA) is 65.0 Å². The summed E-state index contributed by atoms with van der Waals surface area (Å²) in [7, 11) is 0.646. The highest BCUT2D eigenvalue weighted by molar-refractivity contribution is 7.92. The summed E-state index contributed by atoms with van der Waals surface area (Å²) >= 11 is 6.13. The Hall–Kier alpha value is -1.93. The molecule has 2 fully saturated rings.